The predicted octanol–water partition coefficient (Wildman–Crippen LogP) is 4.04. The quantitative estimate of drug-likeness (QED) is 0.840. The van der Waals surface area contributed by atoms with E-state index in [0.717, 1.165) is 30.6 Å². The van der Waals surface area contributed by atoms with Crippen molar-refractivity contribution in [2.24, 2.45) is 0 Å². The molecular formula is C17H20N2O2. The summed E-state index contributed by atoms with van der Waals surface area (Å²) >= 11 is 0. The Morgan fingerprint density at radius 1 is 1.24 bits per heavy atom. The molecule has 0 aliphatic heterocycles. The van der Waals surface area contributed by atoms with Crippen molar-refractivity contribution in [3.63, 3.8) is 0 Å². The SMILES string of the molecule is CCCc1cc(C(=O)O)cc(Nc2ccccc2CC)n1. The Balaban J connectivity index is 2.36. The summed E-state index contributed by atoms with van der Waals surface area (Å²) in [6, 6.07) is 11.2. The molecule has 4 nitrogen and oxygen atoms in total. The van der Waals surface area contributed by atoms with Gasteiger partial charge in [0, 0.05) is 11.4 Å². The summed E-state index contributed by atoms with van der Waals surface area (Å²) in [6.07, 6.45) is 2.61. The number of carboxylic acid groups (broad SMARTS) is 1. The van der Waals surface area contributed by atoms with Crippen molar-refractivity contribution >= 4 is 17.5 Å². The van der Waals surface area contributed by atoms with Crippen molar-refractivity contribution < 1.29 is 9.90 Å². The first-order valence-corrected chi connectivity index (χ1v) is 7.23. The van der Waals surface area contributed by atoms with Crippen LogP contribution < -0.4 is 5.32 Å². The molecule has 0 aliphatic rings. The second-order valence-electron chi connectivity index (χ2n) is 4.92. The predicted molar refractivity (Wildman–Crippen MR) is 84.3 cm³/mol. The lowest BCUT2D eigenvalue weighted by molar-refractivity contribution is 0.0696. The number of pyridine rings is 1. The zero-order valence-electron chi connectivity index (χ0n) is 12.4. The number of nitrogens with one attached hydrogen (secondary N) is 1. The van der Waals surface area contributed by atoms with Crippen LogP contribution in [0.1, 0.15) is 41.9 Å². The molecule has 2 aromatic rings. The number of aromatic nitrogens is 1. The number of benzene rings is 1. The van der Waals surface area contributed by atoms with E-state index in [0.29, 0.717) is 5.82 Å². The average molecular weight is 284 g/mol. The molecule has 0 fully saturated rings. The molecule has 0 saturated carbocycles. The molecule has 1 aromatic carbocycles. The highest BCUT2D eigenvalue weighted by Gasteiger charge is 2.09. The van der Waals surface area contributed by atoms with Crippen LogP contribution in [-0.4, -0.2) is 16.1 Å². The summed E-state index contributed by atoms with van der Waals surface area (Å²) in [5, 5.41) is 12.5. The van der Waals surface area contributed by atoms with Crippen LogP contribution in [0, 0.1) is 0 Å². The number of para-hydroxylation sites is 1. The molecule has 1 aromatic heterocycles. The second-order valence-corrected chi connectivity index (χ2v) is 4.92. The van der Waals surface area contributed by atoms with Crippen molar-refractivity contribution in [2.75, 3.05) is 5.32 Å². The molecule has 0 radical (unpaired) electrons. The third kappa shape index (κ3) is 3.81. The fraction of sp³-hybridized carbons (Fsp3) is 0.294. The highest BCUT2D eigenvalue weighted by atomic mass is 16.4. The third-order valence-electron chi connectivity index (χ3n) is 3.29. The maximum atomic E-state index is 11.2. The van der Waals surface area contributed by atoms with Crippen LogP contribution in [0.5, 0.6) is 0 Å². The fourth-order valence-corrected chi connectivity index (χ4v) is 2.25. The second kappa shape index (κ2) is 6.88. The smallest absolute Gasteiger partial charge is 0.335 e. The van der Waals surface area contributed by atoms with Crippen molar-refractivity contribution in [1.29, 1.82) is 0 Å². The van der Waals surface area contributed by atoms with E-state index in [2.05, 4.69) is 30.2 Å². The van der Waals surface area contributed by atoms with Gasteiger partial charge >= 0.3 is 5.97 Å². The Morgan fingerprint density at radius 3 is 2.67 bits per heavy atom. The number of carboxylic acids is 1. The Kier molecular flexibility index (Phi) is 4.93. The average Bonchev–Trinajstić information content (AvgIpc) is 2.48. The largest absolute Gasteiger partial charge is 0.478 e. The normalized spacial score (nSPS) is 10.4. The minimum absolute atomic E-state index is 0.268. The Labute approximate surface area is 124 Å². The van der Waals surface area contributed by atoms with Gasteiger partial charge in [-0.2, -0.15) is 0 Å². The number of rotatable bonds is 6. The number of carbonyl (C=O) groups is 1. The van der Waals surface area contributed by atoms with Gasteiger partial charge in [-0.15, -0.1) is 0 Å². The van der Waals surface area contributed by atoms with Gasteiger partial charge in [0.25, 0.3) is 0 Å². The van der Waals surface area contributed by atoms with Gasteiger partial charge in [-0.3, -0.25) is 0 Å². The molecule has 0 amide bonds. The lowest BCUT2D eigenvalue weighted by Gasteiger charge is -2.12. The number of nitrogens with zero attached hydrogens (tertiary/aromatic N) is 1. The van der Waals surface area contributed by atoms with Gasteiger partial charge in [0.1, 0.15) is 5.82 Å². The zero-order chi connectivity index (χ0) is 15.2. The van der Waals surface area contributed by atoms with E-state index in [1.54, 1.807) is 12.1 Å². The molecule has 110 valence electrons. The molecule has 2 rings (SSSR count). The van der Waals surface area contributed by atoms with Crippen LogP contribution in [0.3, 0.4) is 0 Å². The van der Waals surface area contributed by atoms with Crippen molar-refractivity contribution in [1.82, 2.24) is 4.98 Å². The summed E-state index contributed by atoms with van der Waals surface area (Å²) in [5.74, 6) is -0.346. The molecule has 0 spiro atoms. The minimum Gasteiger partial charge on any atom is -0.478 e. The van der Waals surface area contributed by atoms with E-state index in [1.165, 1.54) is 5.56 Å². The van der Waals surface area contributed by atoms with Crippen molar-refractivity contribution in [3.8, 4) is 0 Å². The lowest BCUT2D eigenvalue weighted by Crippen LogP contribution is -2.04. The number of hydrogen-bond donors (Lipinski definition) is 2. The number of hydrogen-bond acceptors (Lipinski definition) is 3. The van der Waals surface area contributed by atoms with E-state index in [1.807, 2.05) is 18.2 Å². The molecule has 2 N–H and O–H groups in total. The number of anilines is 2. The van der Waals surface area contributed by atoms with Crippen molar-refractivity contribution in [3.05, 3.63) is 53.2 Å². The molecule has 1 heterocycles. The summed E-state index contributed by atoms with van der Waals surface area (Å²) in [6.45, 7) is 4.14. The third-order valence-corrected chi connectivity index (χ3v) is 3.29. The minimum atomic E-state index is -0.929. The Bertz CT molecular complexity index is 638. The number of aryl methyl sites for hydroxylation is 2. The highest BCUT2D eigenvalue weighted by Crippen LogP contribution is 2.21. The van der Waals surface area contributed by atoms with E-state index < -0.39 is 5.97 Å². The summed E-state index contributed by atoms with van der Waals surface area (Å²) < 4.78 is 0. The topological polar surface area (TPSA) is 62.2 Å². The summed E-state index contributed by atoms with van der Waals surface area (Å²) in [4.78, 5) is 15.7. The Morgan fingerprint density at radius 2 is 2.00 bits per heavy atom. The molecule has 21 heavy (non-hydrogen) atoms. The summed E-state index contributed by atoms with van der Waals surface area (Å²) in [5.41, 5.74) is 3.22. The maximum Gasteiger partial charge on any atom is 0.335 e. The van der Waals surface area contributed by atoms with Crippen LogP contribution in [0.4, 0.5) is 11.5 Å². The zero-order valence-corrected chi connectivity index (χ0v) is 12.4. The van der Waals surface area contributed by atoms with Crippen LogP contribution in [0.25, 0.3) is 0 Å². The van der Waals surface area contributed by atoms with Crippen LogP contribution in [0.2, 0.25) is 0 Å². The van der Waals surface area contributed by atoms with Crippen LogP contribution >= 0.6 is 0 Å². The van der Waals surface area contributed by atoms with E-state index in [-0.39, 0.29) is 5.56 Å². The van der Waals surface area contributed by atoms with Crippen LogP contribution in [0.15, 0.2) is 36.4 Å². The van der Waals surface area contributed by atoms with Gasteiger partial charge in [-0.05, 0) is 36.6 Å². The fourth-order valence-electron chi connectivity index (χ4n) is 2.25. The van der Waals surface area contributed by atoms with Gasteiger partial charge in [0.15, 0.2) is 0 Å². The first-order chi connectivity index (χ1) is 10.1. The highest BCUT2D eigenvalue weighted by molar-refractivity contribution is 5.88. The lowest BCUT2D eigenvalue weighted by atomic mass is 10.1. The first-order valence-electron chi connectivity index (χ1n) is 7.23. The van der Waals surface area contributed by atoms with Crippen molar-refractivity contribution in [2.45, 2.75) is 33.1 Å². The van der Waals surface area contributed by atoms with E-state index in [4.69, 9.17) is 0 Å². The standard InChI is InChI=1S/C17H20N2O2/c1-3-7-14-10-13(17(20)21)11-16(18-14)19-15-9-6-5-8-12(15)4-2/h5-6,8-11H,3-4,7H2,1-2H3,(H,18,19)(H,20,21). The molecule has 4 heteroatoms. The van der Waals surface area contributed by atoms with Gasteiger partial charge < -0.3 is 10.4 Å². The van der Waals surface area contributed by atoms with Gasteiger partial charge in [-0.1, -0.05) is 38.5 Å². The molecule has 0 saturated heterocycles. The summed E-state index contributed by atoms with van der Waals surface area (Å²) in [7, 11) is 0. The van der Waals surface area contributed by atoms with Gasteiger partial charge in [0.2, 0.25) is 0 Å². The Hall–Kier alpha value is -2.36. The molecule has 0 atom stereocenters. The molecular weight excluding hydrogens is 264 g/mol. The molecule has 0 bridgehead atoms. The molecule has 0 unspecified atom stereocenters. The van der Waals surface area contributed by atoms with Crippen LogP contribution in [-0.2, 0) is 12.8 Å². The monoisotopic (exact) mass is 284 g/mol. The van der Waals surface area contributed by atoms with Gasteiger partial charge in [0.05, 0.1) is 5.56 Å². The van der Waals surface area contributed by atoms with E-state index in [9.17, 15) is 9.90 Å². The first kappa shape index (κ1) is 15.0. The van der Waals surface area contributed by atoms with Gasteiger partial charge in [-0.25, -0.2) is 9.78 Å². The molecule has 0 aliphatic carbocycles. The maximum absolute atomic E-state index is 11.2. The van der Waals surface area contributed by atoms with E-state index >= 15 is 0 Å². The number of aromatic carboxylic acids is 1.